The van der Waals surface area contributed by atoms with Gasteiger partial charge in [-0.15, -0.1) is 0 Å². The lowest BCUT2D eigenvalue weighted by atomic mass is 10.1. The van der Waals surface area contributed by atoms with Gasteiger partial charge in [0.15, 0.2) is 6.61 Å². The molecule has 0 aliphatic rings. The van der Waals surface area contributed by atoms with E-state index in [1.807, 2.05) is 48.0 Å². The monoisotopic (exact) mass is 332 g/mol. The highest BCUT2D eigenvalue weighted by atomic mass is 32.1. The van der Waals surface area contributed by atoms with Crippen LogP contribution in [0.1, 0.15) is 24.5 Å². The van der Waals surface area contributed by atoms with E-state index in [9.17, 15) is 9.59 Å². The van der Waals surface area contributed by atoms with Crippen molar-refractivity contribution in [3.63, 3.8) is 0 Å². The van der Waals surface area contributed by atoms with Crippen LogP contribution in [0.3, 0.4) is 0 Å². The summed E-state index contributed by atoms with van der Waals surface area (Å²) in [4.78, 5) is 23.4. The first-order valence-electron chi connectivity index (χ1n) is 7.48. The van der Waals surface area contributed by atoms with Crippen molar-refractivity contribution >= 4 is 23.2 Å². The molecule has 1 aromatic heterocycles. The summed E-state index contributed by atoms with van der Waals surface area (Å²) >= 11 is 1.60. The van der Waals surface area contributed by atoms with Crippen LogP contribution in [0, 0.1) is 0 Å². The summed E-state index contributed by atoms with van der Waals surface area (Å²) in [5.41, 5.74) is 6.92. The molecule has 6 heteroatoms. The van der Waals surface area contributed by atoms with E-state index in [2.05, 4.69) is 10.9 Å². The van der Waals surface area contributed by atoms with Crippen molar-refractivity contribution in [1.29, 1.82) is 0 Å². The predicted molar refractivity (Wildman–Crippen MR) is 90.2 cm³/mol. The second-order valence-corrected chi connectivity index (χ2v) is 5.76. The zero-order valence-corrected chi connectivity index (χ0v) is 13.8. The van der Waals surface area contributed by atoms with Crippen molar-refractivity contribution in [2.24, 2.45) is 0 Å². The van der Waals surface area contributed by atoms with Gasteiger partial charge in [-0.1, -0.05) is 25.1 Å². The number of hydrogen-bond acceptors (Lipinski definition) is 4. The van der Waals surface area contributed by atoms with Gasteiger partial charge in [0.2, 0.25) is 5.91 Å². The molecule has 0 unspecified atom stereocenters. The molecule has 122 valence electrons. The summed E-state index contributed by atoms with van der Waals surface area (Å²) in [6.07, 6.45) is 1.82. The maximum Gasteiger partial charge on any atom is 0.276 e. The average Bonchev–Trinajstić information content (AvgIpc) is 3.10. The number of aryl methyl sites for hydroxylation is 2. The van der Waals surface area contributed by atoms with Gasteiger partial charge in [0.05, 0.1) is 0 Å². The molecule has 0 fully saturated rings. The summed E-state index contributed by atoms with van der Waals surface area (Å²) in [5.74, 6) is 0.0761. The fourth-order valence-corrected chi connectivity index (χ4v) is 2.71. The van der Waals surface area contributed by atoms with Crippen molar-refractivity contribution in [1.82, 2.24) is 10.9 Å². The number of carbonyl (C=O) groups is 2. The molecular weight excluding hydrogens is 312 g/mol. The molecule has 23 heavy (non-hydrogen) atoms. The van der Waals surface area contributed by atoms with Gasteiger partial charge in [-0.2, -0.15) is 11.3 Å². The SMILES string of the molecule is CCc1ccccc1OCC(=O)NNC(=O)CCc1ccsc1. The number of rotatable bonds is 7. The maximum atomic E-state index is 11.7. The number of carbonyl (C=O) groups excluding carboxylic acids is 2. The summed E-state index contributed by atoms with van der Waals surface area (Å²) in [6, 6.07) is 9.55. The molecule has 2 amide bonds. The normalized spacial score (nSPS) is 10.1. The summed E-state index contributed by atoms with van der Waals surface area (Å²) in [7, 11) is 0. The molecule has 2 rings (SSSR count). The molecule has 0 spiro atoms. The van der Waals surface area contributed by atoms with E-state index >= 15 is 0 Å². The Morgan fingerprint density at radius 1 is 1.13 bits per heavy atom. The molecule has 1 heterocycles. The van der Waals surface area contributed by atoms with Crippen LogP contribution in [0.4, 0.5) is 0 Å². The Hall–Kier alpha value is -2.34. The summed E-state index contributed by atoms with van der Waals surface area (Å²) < 4.78 is 5.48. The summed E-state index contributed by atoms with van der Waals surface area (Å²) in [5, 5.41) is 3.98. The Kier molecular flexibility index (Phi) is 6.62. The van der Waals surface area contributed by atoms with Crippen LogP contribution in [-0.2, 0) is 22.4 Å². The van der Waals surface area contributed by atoms with Crippen LogP contribution in [0.15, 0.2) is 41.1 Å². The molecule has 0 radical (unpaired) electrons. The lowest BCUT2D eigenvalue weighted by Gasteiger charge is -2.11. The minimum Gasteiger partial charge on any atom is -0.483 e. The number of para-hydroxylation sites is 1. The van der Waals surface area contributed by atoms with E-state index < -0.39 is 0 Å². The minimum atomic E-state index is -0.389. The smallest absolute Gasteiger partial charge is 0.276 e. The van der Waals surface area contributed by atoms with E-state index in [0.717, 1.165) is 17.5 Å². The number of ether oxygens (including phenoxy) is 1. The third-order valence-corrected chi connectivity index (χ3v) is 4.01. The first kappa shape index (κ1) is 17.0. The van der Waals surface area contributed by atoms with E-state index in [-0.39, 0.29) is 18.4 Å². The van der Waals surface area contributed by atoms with Crippen LogP contribution in [0.2, 0.25) is 0 Å². The van der Waals surface area contributed by atoms with Crippen LogP contribution < -0.4 is 15.6 Å². The predicted octanol–water partition coefficient (Wildman–Crippen LogP) is 2.47. The third-order valence-electron chi connectivity index (χ3n) is 3.27. The van der Waals surface area contributed by atoms with Gasteiger partial charge in [0.25, 0.3) is 5.91 Å². The highest BCUT2D eigenvalue weighted by Gasteiger charge is 2.07. The lowest BCUT2D eigenvalue weighted by Crippen LogP contribution is -2.43. The minimum absolute atomic E-state index is 0.137. The zero-order valence-electron chi connectivity index (χ0n) is 13.0. The quantitative estimate of drug-likeness (QED) is 0.766. The largest absolute Gasteiger partial charge is 0.483 e. The van der Waals surface area contributed by atoms with Gasteiger partial charge < -0.3 is 4.74 Å². The lowest BCUT2D eigenvalue weighted by molar-refractivity contribution is -0.130. The fraction of sp³-hybridized carbons (Fsp3) is 0.294. The molecule has 0 aliphatic heterocycles. The molecule has 0 atom stereocenters. The zero-order chi connectivity index (χ0) is 16.5. The third kappa shape index (κ3) is 5.75. The van der Waals surface area contributed by atoms with Gasteiger partial charge in [-0.3, -0.25) is 20.4 Å². The van der Waals surface area contributed by atoms with Gasteiger partial charge in [0, 0.05) is 6.42 Å². The van der Waals surface area contributed by atoms with E-state index in [4.69, 9.17) is 4.74 Å². The van der Waals surface area contributed by atoms with Crippen molar-refractivity contribution in [2.45, 2.75) is 26.2 Å². The van der Waals surface area contributed by atoms with Crippen molar-refractivity contribution in [3.8, 4) is 5.75 Å². The van der Waals surface area contributed by atoms with Gasteiger partial charge >= 0.3 is 0 Å². The maximum absolute atomic E-state index is 11.7. The van der Waals surface area contributed by atoms with Gasteiger partial charge in [-0.05, 0) is 46.9 Å². The Morgan fingerprint density at radius 3 is 2.65 bits per heavy atom. The average molecular weight is 332 g/mol. The topological polar surface area (TPSA) is 67.4 Å². The molecular formula is C17H20N2O3S. The Morgan fingerprint density at radius 2 is 1.91 bits per heavy atom. The van der Waals surface area contributed by atoms with Crippen LogP contribution in [0.25, 0.3) is 0 Å². The van der Waals surface area contributed by atoms with Crippen molar-refractivity contribution in [2.75, 3.05) is 6.61 Å². The molecule has 0 saturated carbocycles. The fourth-order valence-electron chi connectivity index (χ4n) is 2.01. The van der Waals surface area contributed by atoms with E-state index in [1.165, 1.54) is 0 Å². The number of amides is 2. The Balaban J connectivity index is 1.67. The van der Waals surface area contributed by atoms with Crippen molar-refractivity contribution in [3.05, 3.63) is 52.2 Å². The van der Waals surface area contributed by atoms with Crippen LogP contribution >= 0.6 is 11.3 Å². The second-order valence-electron chi connectivity index (χ2n) is 4.98. The molecule has 0 saturated heterocycles. The number of hydrazine groups is 1. The highest BCUT2D eigenvalue weighted by Crippen LogP contribution is 2.17. The first-order valence-corrected chi connectivity index (χ1v) is 8.42. The number of hydrogen-bond donors (Lipinski definition) is 2. The van der Waals surface area contributed by atoms with Crippen molar-refractivity contribution < 1.29 is 14.3 Å². The molecule has 0 bridgehead atoms. The first-order chi connectivity index (χ1) is 11.2. The molecule has 0 aliphatic carbocycles. The van der Waals surface area contributed by atoms with E-state index in [1.54, 1.807) is 11.3 Å². The Bertz CT molecular complexity index is 641. The van der Waals surface area contributed by atoms with E-state index in [0.29, 0.717) is 18.6 Å². The van der Waals surface area contributed by atoms with Crippen LogP contribution in [0.5, 0.6) is 5.75 Å². The number of benzene rings is 1. The molecule has 2 aromatic rings. The molecule has 2 N–H and O–H groups in total. The Labute approximate surface area is 139 Å². The second kappa shape index (κ2) is 8.95. The summed E-state index contributed by atoms with van der Waals surface area (Å²) in [6.45, 7) is 1.89. The molecule has 5 nitrogen and oxygen atoms in total. The standard InChI is InChI=1S/C17H20N2O3S/c1-2-14-5-3-4-6-15(14)22-11-17(21)19-18-16(20)8-7-13-9-10-23-12-13/h3-6,9-10,12H,2,7-8,11H2,1H3,(H,18,20)(H,19,21). The van der Waals surface area contributed by atoms with Gasteiger partial charge in [0.1, 0.15) is 5.75 Å². The highest BCUT2D eigenvalue weighted by molar-refractivity contribution is 7.07. The van der Waals surface area contributed by atoms with Crippen LogP contribution in [-0.4, -0.2) is 18.4 Å². The van der Waals surface area contributed by atoms with Gasteiger partial charge in [-0.25, -0.2) is 0 Å². The number of thiophene rings is 1. The molecule has 1 aromatic carbocycles. The number of nitrogens with one attached hydrogen (secondary N) is 2.